The minimum absolute atomic E-state index is 0.546. The first-order valence-corrected chi connectivity index (χ1v) is 30.4. The van der Waals surface area contributed by atoms with Gasteiger partial charge in [0.1, 0.15) is 8.07 Å². The van der Waals surface area contributed by atoms with E-state index in [1.54, 1.807) is 0 Å². The van der Waals surface area contributed by atoms with E-state index in [0.29, 0.717) is 6.61 Å². The Hall–Kier alpha value is -2.02. The fourth-order valence-corrected chi connectivity index (χ4v) is 32.1. The van der Waals surface area contributed by atoms with Crippen LogP contribution in [0.3, 0.4) is 0 Å². The minimum atomic E-state index is -2.83. The second-order valence-corrected chi connectivity index (χ2v) is 33.6. The predicted molar refractivity (Wildman–Crippen MR) is 210 cm³/mol. The van der Waals surface area contributed by atoms with Gasteiger partial charge in [-0.2, -0.15) is 0 Å². The summed E-state index contributed by atoms with van der Waals surface area (Å²) in [7, 11) is -15.7. The van der Waals surface area contributed by atoms with Gasteiger partial charge in [-0.25, -0.2) is 0 Å². The molecule has 3 rings (SSSR count). The molecule has 0 aliphatic carbocycles. The minimum Gasteiger partial charge on any atom is -0.413 e. The van der Waals surface area contributed by atoms with Gasteiger partial charge in [0.25, 0.3) is 8.32 Å². The van der Waals surface area contributed by atoms with E-state index in [9.17, 15) is 0 Å². The van der Waals surface area contributed by atoms with Crippen molar-refractivity contribution in [1.82, 2.24) is 0 Å². The molecular weight excluding hydrogens is 669 g/mol. The summed E-state index contributed by atoms with van der Waals surface area (Å²) in [4.78, 5) is 0. The lowest BCUT2D eigenvalue weighted by Crippen LogP contribution is -2.66. The molecule has 1 heterocycles. The van der Waals surface area contributed by atoms with Crippen molar-refractivity contribution >= 4 is 61.0 Å². The maximum Gasteiger partial charge on any atom is 0.343 e. The molecule has 2 atom stereocenters. The molecule has 0 aromatic heterocycles. The van der Waals surface area contributed by atoms with Gasteiger partial charge in [0.15, 0.2) is 0 Å². The first kappa shape index (κ1) is 38.4. The van der Waals surface area contributed by atoms with Gasteiger partial charge in [-0.05, 0) is 55.9 Å². The van der Waals surface area contributed by atoms with Gasteiger partial charge in [0, 0.05) is 6.61 Å². The summed E-state index contributed by atoms with van der Waals surface area (Å²) < 4.78 is 34.5. The second kappa shape index (κ2) is 16.4. The van der Waals surface area contributed by atoms with E-state index >= 15 is 0 Å². The third-order valence-electron chi connectivity index (χ3n) is 8.87. The summed E-state index contributed by atoms with van der Waals surface area (Å²) in [6.45, 7) is 33.9. The van der Waals surface area contributed by atoms with Gasteiger partial charge in [0.05, 0.1) is 0 Å². The monoisotopic (exact) mass is 722 g/mol. The molecule has 0 bridgehead atoms. The van der Waals surface area contributed by atoms with E-state index < -0.39 is 50.6 Å². The summed E-state index contributed by atoms with van der Waals surface area (Å²) in [5, 5.41) is 2.48. The van der Waals surface area contributed by atoms with Gasteiger partial charge in [-0.15, -0.1) is 39.5 Å². The van der Waals surface area contributed by atoms with E-state index in [2.05, 4.69) is 120 Å². The van der Waals surface area contributed by atoms with Crippen molar-refractivity contribution < 1.29 is 20.9 Å². The van der Waals surface area contributed by atoms with Crippen LogP contribution in [0.2, 0.25) is 44.3 Å². The Labute approximate surface area is 285 Å². The standard InChI is InChI=1S/C35H54O5Si6/c1-11-41(7)37-43(9,31-23-24-33-45(13-3,14-4)34-26-19-17-20-27-34)38-42(8,12-2)40-44(10,39-41)32-25-30-36-46(15-5,16-6)35-28-21-18-22-29-35/h11-22,26-29H,1-6,23-25,30-33H2,7-10H3. The number of rotatable bonds is 18. The lowest BCUT2D eigenvalue weighted by Gasteiger charge is -2.48. The molecule has 1 saturated heterocycles. The van der Waals surface area contributed by atoms with Gasteiger partial charge in [-0.3, -0.25) is 0 Å². The molecule has 1 aliphatic heterocycles. The molecule has 46 heavy (non-hydrogen) atoms. The maximum atomic E-state index is 7.01. The fourth-order valence-electron chi connectivity index (χ4n) is 6.30. The zero-order valence-electron chi connectivity index (χ0n) is 28.5. The lowest BCUT2D eigenvalue weighted by molar-refractivity contribution is 0.231. The number of unbranched alkanes of at least 4 members (excludes halogenated alkanes) is 1. The fraction of sp³-hybridized carbons (Fsp3) is 0.314. The third-order valence-corrected chi connectivity index (χ3v) is 33.5. The molecule has 0 saturated carbocycles. The van der Waals surface area contributed by atoms with Crippen molar-refractivity contribution in [2.45, 2.75) is 63.6 Å². The van der Waals surface area contributed by atoms with Crippen molar-refractivity contribution in [3.05, 3.63) is 134 Å². The average molecular weight is 723 g/mol. The van der Waals surface area contributed by atoms with Crippen LogP contribution in [-0.4, -0.2) is 57.2 Å². The van der Waals surface area contributed by atoms with Crippen LogP contribution in [0, 0.1) is 0 Å². The van der Waals surface area contributed by atoms with Gasteiger partial charge < -0.3 is 20.9 Å². The molecule has 1 fully saturated rings. The van der Waals surface area contributed by atoms with Gasteiger partial charge >= 0.3 is 34.2 Å². The van der Waals surface area contributed by atoms with E-state index in [0.717, 1.165) is 42.6 Å². The Balaban J connectivity index is 1.71. The molecule has 0 spiro atoms. The Morgan fingerprint density at radius 1 is 0.587 bits per heavy atom. The summed E-state index contributed by atoms with van der Waals surface area (Å²) in [6, 6.07) is 23.5. The van der Waals surface area contributed by atoms with Crippen LogP contribution in [0.25, 0.3) is 0 Å². The average Bonchev–Trinajstić information content (AvgIpc) is 3.05. The summed E-state index contributed by atoms with van der Waals surface area (Å²) in [6.07, 6.45) is 2.77. The molecule has 11 heteroatoms. The van der Waals surface area contributed by atoms with Crippen molar-refractivity contribution in [2.24, 2.45) is 0 Å². The molecule has 0 radical (unpaired) electrons. The normalized spacial score (nSPS) is 27.0. The summed E-state index contributed by atoms with van der Waals surface area (Å²) in [5.41, 5.74) is 11.9. The third kappa shape index (κ3) is 9.54. The predicted octanol–water partition coefficient (Wildman–Crippen LogP) is 8.10. The van der Waals surface area contributed by atoms with Gasteiger partial charge in [-0.1, -0.05) is 113 Å². The molecule has 2 unspecified atom stereocenters. The highest BCUT2D eigenvalue weighted by atomic mass is 28.5. The van der Waals surface area contributed by atoms with Crippen LogP contribution in [0.4, 0.5) is 0 Å². The first-order valence-electron chi connectivity index (χ1n) is 16.2. The van der Waals surface area contributed by atoms with Crippen molar-refractivity contribution in [3.8, 4) is 0 Å². The highest BCUT2D eigenvalue weighted by Gasteiger charge is 2.55. The van der Waals surface area contributed by atoms with Crippen LogP contribution < -0.4 is 10.4 Å². The molecule has 2 aromatic rings. The smallest absolute Gasteiger partial charge is 0.343 e. The van der Waals surface area contributed by atoms with E-state index in [1.807, 2.05) is 41.0 Å². The zero-order chi connectivity index (χ0) is 34.0. The summed E-state index contributed by atoms with van der Waals surface area (Å²) >= 11 is 0. The van der Waals surface area contributed by atoms with E-state index in [-0.39, 0.29) is 0 Å². The Morgan fingerprint density at radius 2 is 1.02 bits per heavy atom. The topological polar surface area (TPSA) is 46.2 Å². The number of benzene rings is 2. The zero-order valence-corrected chi connectivity index (χ0v) is 34.5. The van der Waals surface area contributed by atoms with Crippen LogP contribution >= 0.6 is 0 Å². The van der Waals surface area contributed by atoms with Crippen LogP contribution in [0.15, 0.2) is 134 Å². The van der Waals surface area contributed by atoms with E-state index in [4.69, 9.17) is 20.9 Å². The van der Waals surface area contributed by atoms with E-state index in [1.165, 1.54) is 5.19 Å². The van der Waals surface area contributed by atoms with Crippen molar-refractivity contribution in [1.29, 1.82) is 0 Å². The summed E-state index contributed by atoms with van der Waals surface area (Å²) in [5.74, 6) is 0. The Kier molecular flexibility index (Phi) is 13.7. The lowest BCUT2D eigenvalue weighted by atomic mass is 10.4. The molecule has 2 aromatic carbocycles. The Bertz CT molecular complexity index is 1220. The number of hydrogen-bond acceptors (Lipinski definition) is 5. The highest BCUT2D eigenvalue weighted by molar-refractivity contribution is 7.00. The molecular formula is C35H54O5Si6. The SMILES string of the molecule is C=C[Si]1(C)O[Si](C)(CCCC[Si](C=C)(C=C)c2ccccc2)O[Si](C)(C=C)O[Si](C)(CCCO[Si](C=C)(C=C)c2ccccc2)O1. The largest absolute Gasteiger partial charge is 0.413 e. The van der Waals surface area contributed by atoms with Crippen molar-refractivity contribution in [3.63, 3.8) is 0 Å². The van der Waals surface area contributed by atoms with Crippen LogP contribution in [0.5, 0.6) is 0 Å². The van der Waals surface area contributed by atoms with Gasteiger partial charge in [0.2, 0.25) is 0 Å². The van der Waals surface area contributed by atoms with Crippen LogP contribution in [0.1, 0.15) is 19.3 Å². The molecule has 248 valence electrons. The first-order chi connectivity index (χ1) is 21.8. The highest BCUT2D eigenvalue weighted by Crippen LogP contribution is 2.36. The molecule has 0 amide bonds. The number of hydrogen-bond donors (Lipinski definition) is 0. The second-order valence-electron chi connectivity index (χ2n) is 12.7. The maximum absolute atomic E-state index is 7.01. The van der Waals surface area contributed by atoms with Crippen LogP contribution in [-0.2, 0) is 20.9 Å². The quantitative estimate of drug-likeness (QED) is 0.115. The van der Waals surface area contributed by atoms with Crippen molar-refractivity contribution in [2.75, 3.05) is 6.61 Å². The Morgan fingerprint density at radius 3 is 1.43 bits per heavy atom. The molecule has 0 N–H and O–H groups in total. The molecule has 5 nitrogen and oxygen atoms in total. The molecule has 1 aliphatic rings.